The molecular formula is C16H16N2OS. The molecule has 0 aliphatic carbocycles. The molecule has 0 amide bonds. The number of benzene rings is 1. The van der Waals surface area contributed by atoms with Gasteiger partial charge in [-0.05, 0) is 31.2 Å². The number of nitrogens with zero attached hydrogens (tertiary/aromatic N) is 1. The zero-order valence-corrected chi connectivity index (χ0v) is 12.3. The second kappa shape index (κ2) is 5.51. The maximum atomic E-state index is 5.40. The van der Waals surface area contributed by atoms with Gasteiger partial charge in [-0.2, -0.15) is 0 Å². The summed E-state index contributed by atoms with van der Waals surface area (Å²) in [6.07, 6.45) is 1.81. The monoisotopic (exact) mass is 284 g/mol. The zero-order chi connectivity index (χ0) is 13.9. The lowest BCUT2D eigenvalue weighted by molar-refractivity contribution is 0.420. The molecule has 0 saturated carbocycles. The molecule has 0 bridgehead atoms. The molecule has 0 aliphatic rings. The summed E-state index contributed by atoms with van der Waals surface area (Å²) in [6, 6.07) is 12.3. The van der Waals surface area contributed by atoms with E-state index in [4.69, 9.17) is 4.74 Å². The molecule has 0 aliphatic heterocycles. The quantitative estimate of drug-likeness (QED) is 0.778. The highest BCUT2D eigenvalue weighted by atomic mass is 32.1. The molecule has 0 spiro atoms. The second-order valence-corrected chi connectivity index (χ2v) is 5.95. The summed E-state index contributed by atoms with van der Waals surface area (Å²) in [4.78, 5) is 7.08. The molecule has 102 valence electrons. The minimum absolute atomic E-state index is 0.793. The van der Waals surface area contributed by atoms with E-state index in [9.17, 15) is 0 Å². The molecule has 0 radical (unpaired) electrons. The standard InChI is InChI=1S/C16H16N2OS/c1-11-6-7-12(20-11)10-18-16-14-4-3-5-15(19-2)13(14)8-9-17-16/h3-9H,10H2,1-2H3,(H,17,18). The van der Waals surface area contributed by atoms with Gasteiger partial charge in [0.15, 0.2) is 0 Å². The van der Waals surface area contributed by atoms with E-state index in [0.717, 1.165) is 28.9 Å². The fourth-order valence-corrected chi connectivity index (χ4v) is 3.08. The van der Waals surface area contributed by atoms with Crippen molar-refractivity contribution >= 4 is 27.9 Å². The van der Waals surface area contributed by atoms with Crippen LogP contribution >= 0.6 is 11.3 Å². The van der Waals surface area contributed by atoms with Crippen LogP contribution in [0.25, 0.3) is 10.8 Å². The van der Waals surface area contributed by atoms with Gasteiger partial charge in [0.1, 0.15) is 11.6 Å². The Bertz CT molecular complexity index is 736. The van der Waals surface area contributed by atoms with Crippen LogP contribution in [-0.4, -0.2) is 12.1 Å². The first-order chi connectivity index (χ1) is 9.78. The third-order valence-electron chi connectivity index (χ3n) is 3.21. The normalized spacial score (nSPS) is 10.7. The summed E-state index contributed by atoms with van der Waals surface area (Å²) in [7, 11) is 1.69. The van der Waals surface area contributed by atoms with Crippen molar-refractivity contribution in [3.05, 3.63) is 52.3 Å². The van der Waals surface area contributed by atoms with E-state index in [2.05, 4.69) is 35.4 Å². The molecule has 3 nitrogen and oxygen atoms in total. The first-order valence-electron chi connectivity index (χ1n) is 6.49. The van der Waals surface area contributed by atoms with Gasteiger partial charge in [-0.15, -0.1) is 11.3 Å². The highest BCUT2D eigenvalue weighted by molar-refractivity contribution is 7.11. The average Bonchev–Trinajstić information content (AvgIpc) is 2.90. The topological polar surface area (TPSA) is 34.1 Å². The van der Waals surface area contributed by atoms with E-state index in [0.29, 0.717) is 0 Å². The van der Waals surface area contributed by atoms with Crippen molar-refractivity contribution in [3.8, 4) is 5.75 Å². The number of anilines is 1. The molecule has 4 heteroatoms. The zero-order valence-electron chi connectivity index (χ0n) is 11.5. The van der Waals surface area contributed by atoms with Gasteiger partial charge in [0.25, 0.3) is 0 Å². The molecule has 2 aromatic heterocycles. The number of fused-ring (bicyclic) bond motifs is 1. The summed E-state index contributed by atoms with van der Waals surface area (Å²) < 4.78 is 5.40. The number of thiophene rings is 1. The van der Waals surface area contributed by atoms with Gasteiger partial charge in [-0.25, -0.2) is 4.98 Å². The van der Waals surface area contributed by atoms with E-state index in [1.165, 1.54) is 9.75 Å². The van der Waals surface area contributed by atoms with Crippen molar-refractivity contribution in [2.24, 2.45) is 0 Å². The van der Waals surface area contributed by atoms with Crippen molar-refractivity contribution in [3.63, 3.8) is 0 Å². The van der Waals surface area contributed by atoms with Crippen LogP contribution in [0.5, 0.6) is 5.75 Å². The number of nitrogens with one attached hydrogen (secondary N) is 1. The Labute approximate surface area is 122 Å². The average molecular weight is 284 g/mol. The summed E-state index contributed by atoms with van der Waals surface area (Å²) in [6.45, 7) is 2.91. The van der Waals surface area contributed by atoms with E-state index < -0.39 is 0 Å². The fourth-order valence-electron chi connectivity index (χ4n) is 2.25. The Kier molecular flexibility index (Phi) is 3.56. The fraction of sp³-hybridized carbons (Fsp3) is 0.188. The molecule has 0 fully saturated rings. The van der Waals surface area contributed by atoms with Gasteiger partial charge >= 0.3 is 0 Å². The van der Waals surface area contributed by atoms with Crippen molar-refractivity contribution in [2.45, 2.75) is 13.5 Å². The Balaban J connectivity index is 1.91. The van der Waals surface area contributed by atoms with E-state index in [-0.39, 0.29) is 0 Å². The van der Waals surface area contributed by atoms with Gasteiger partial charge in [0.05, 0.1) is 13.7 Å². The summed E-state index contributed by atoms with van der Waals surface area (Å²) in [5.41, 5.74) is 0. The number of pyridine rings is 1. The minimum Gasteiger partial charge on any atom is -0.496 e. The molecule has 0 atom stereocenters. The number of methoxy groups -OCH3 is 1. The van der Waals surface area contributed by atoms with Gasteiger partial charge < -0.3 is 10.1 Å². The van der Waals surface area contributed by atoms with Gasteiger partial charge in [0.2, 0.25) is 0 Å². The first kappa shape index (κ1) is 12.9. The van der Waals surface area contributed by atoms with Crippen LogP contribution in [0.15, 0.2) is 42.6 Å². The number of aromatic nitrogens is 1. The summed E-state index contributed by atoms with van der Waals surface area (Å²) in [5.74, 6) is 1.77. The Morgan fingerprint density at radius 1 is 1.15 bits per heavy atom. The third-order valence-corrected chi connectivity index (χ3v) is 4.21. The number of hydrogen-bond donors (Lipinski definition) is 1. The second-order valence-electron chi connectivity index (χ2n) is 4.58. The molecule has 3 aromatic rings. The van der Waals surface area contributed by atoms with Crippen LogP contribution in [-0.2, 0) is 6.54 Å². The van der Waals surface area contributed by atoms with E-state index in [1.807, 2.05) is 24.4 Å². The van der Waals surface area contributed by atoms with Gasteiger partial charge in [0, 0.05) is 26.7 Å². The minimum atomic E-state index is 0.793. The van der Waals surface area contributed by atoms with Crippen LogP contribution in [0.3, 0.4) is 0 Å². The number of ether oxygens (including phenoxy) is 1. The molecule has 0 unspecified atom stereocenters. The Morgan fingerprint density at radius 2 is 2.05 bits per heavy atom. The SMILES string of the molecule is COc1cccc2c(NCc3ccc(C)s3)nccc12. The van der Waals surface area contributed by atoms with Crippen LogP contribution in [0.4, 0.5) is 5.82 Å². The number of aryl methyl sites for hydroxylation is 1. The first-order valence-corrected chi connectivity index (χ1v) is 7.30. The summed E-state index contributed by atoms with van der Waals surface area (Å²) in [5, 5.41) is 5.57. The lowest BCUT2D eigenvalue weighted by Gasteiger charge is -2.10. The van der Waals surface area contributed by atoms with Crippen molar-refractivity contribution in [1.82, 2.24) is 4.98 Å². The highest BCUT2D eigenvalue weighted by Gasteiger charge is 2.06. The third kappa shape index (κ3) is 2.47. The van der Waals surface area contributed by atoms with Gasteiger partial charge in [-0.1, -0.05) is 12.1 Å². The predicted octanol–water partition coefficient (Wildman–Crippen LogP) is 4.23. The number of rotatable bonds is 4. The maximum absolute atomic E-state index is 5.40. The summed E-state index contributed by atoms with van der Waals surface area (Å²) >= 11 is 1.81. The van der Waals surface area contributed by atoms with Crippen LogP contribution in [0.2, 0.25) is 0 Å². The lowest BCUT2D eigenvalue weighted by Crippen LogP contribution is -2.00. The van der Waals surface area contributed by atoms with Crippen molar-refractivity contribution in [2.75, 3.05) is 12.4 Å². The van der Waals surface area contributed by atoms with Crippen LogP contribution in [0, 0.1) is 6.92 Å². The number of hydrogen-bond acceptors (Lipinski definition) is 4. The maximum Gasteiger partial charge on any atom is 0.134 e. The largest absolute Gasteiger partial charge is 0.496 e. The van der Waals surface area contributed by atoms with E-state index >= 15 is 0 Å². The van der Waals surface area contributed by atoms with Crippen LogP contribution in [0.1, 0.15) is 9.75 Å². The van der Waals surface area contributed by atoms with Crippen molar-refractivity contribution in [1.29, 1.82) is 0 Å². The van der Waals surface area contributed by atoms with E-state index in [1.54, 1.807) is 18.4 Å². The smallest absolute Gasteiger partial charge is 0.134 e. The van der Waals surface area contributed by atoms with Gasteiger partial charge in [-0.3, -0.25) is 0 Å². The van der Waals surface area contributed by atoms with Crippen molar-refractivity contribution < 1.29 is 4.74 Å². The van der Waals surface area contributed by atoms with Crippen LogP contribution < -0.4 is 10.1 Å². The predicted molar refractivity (Wildman–Crippen MR) is 84.7 cm³/mol. The highest BCUT2D eigenvalue weighted by Crippen LogP contribution is 2.29. The molecule has 2 heterocycles. The Hall–Kier alpha value is -2.07. The lowest BCUT2D eigenvalue weighted by atomic mass is 10.1. The molecule has 1 N–H and O–H groups in total. The molecular weight excluding hydrogens is 268 g/mol. The Morgan fingerprint density at radius 3 is 2.80 bits per heavy atom. The molecule has 0 saturated heterocycles. The molecule has 1 aromatic carbocycles. The molecule has 3 rings (SSSR count). The molecule has 20 heavy (non-hydrogen) atoms.